The number of hydrogen-bond donors (Lipinski definition) is 2. The lowest BCUT2D eigenvalue weighted by Gasteiger charge is -2.25. The van der Waals surface area contributed by atoms with Crippen molar-refractivity contribution in [2.24, 2.45) is 10.4 Å². The molecule has 1 aliphatic heterocycles. The molecular formula is C15H26N4O2S2. The number of thiophene rings is 1. The number of likely N-dealkylation sites (tertiary alicyclic amines) is 1. The van der Waals surface area contributed by atoms with Gasteiger partial charge in [0.2, 0.25) is 10.0 Å². The van der Waals surface area contributed by atoms with Crippen LogP contribution < -0.4 is 10.0 Å². The molecular weight excluding hydrogens is 332 g/mol. The van der Waals surface area contributed by atoms with Gasteiger partial charge < -0.3 is 10.2 Å². The van der Waals surface area contributed by atoms with E-state index in [1.807, 2.05) is 0 Å². The van der Waals surface area contributed by atoms with Crippen LogP contribution in [0.2, 0.25) is 0 Å². The average molecular weight is 359 g/mol. The van der Waals surface area contributed by atoms with Crippen molar-refractivity contribution < 1.29 is 8.42 Å². The molecule has 2 N–H and O–H groups in total. The number of guanidine groups is 1. The molecule has 6 nitrogen and oxygen atoms in total. The summed E-state index contributed by atoms with van der Waals surface area (Å²) in [7, 11) is -1.62. The van der Waals surface area contributed by atoms with Gasteiger partial charge in [-0.3, -0.25) is 4.99 Å². The molecule has 130 valence electrons. The van der Waals surface area contributed by atoms with E-state index in [0.29, 0.717) is 22.7 Å². The first-order valence-electron chi connectivity index (χ1n) is 7.89. The molecule has 0 bridgehead atoms. The summed E-state index contributed by atoms with van der Waals surface area (Å²) in [4.78, 5) is 6.56. The number of nitrogens with one attached hydrogen (secondary N) is 2. The smallest absolute Gasteiger partial charge is 0.250 e. The van der Waals surface area contributed by atoms with Gasteiger partial charge in [-0.1, -0.05) is 19.9 Å². The maximum absolute atomic E-state index is 12.0. The Morgan fingerprint density at radius 2 is 2.26 bits per heavy atom. The van der Waals surface area contributed by atoms with Gasteiger partial charge >= 0.3 is 0 Å². The van der Waals surface area contributed by atoms with Crippen LogP contribution in [-0.2, 0) is 10.0 Å². The molecule has 2 heterocycles. The average Bonchev–Trinajstić information content (AvgIpc) is 3.18. The summed E-state index contributed by atoms with van der Waals surface area (Å²) in [6, 6.07) is 3.34. The molecule has 23 heavy (non-hydrogen) atoms. The summed E-state index contributed by atoms with van der Waals surface area (Å²) in [6.45, 7) is 7.35. The van der Waals surface area contributed by atoms with Gasteiger partial charge in [0, 0.05) is 33.2 Å². The van der Waals surface area contributed by atoms with Crippen LogP contribution in [0.3, 0.4) is 0 Å². The molecule has 2 rings (SSSR count). The zero-order valence-corrected chi connectivity index (χ0v) is 15.6. The third-order valence-corrected chi connectivity index (χ3v) is 7.24. The molecule has 1 aromatic heterocycles. The minimum atomic E-state index is -3.39. The quantitative estimate of drug-likeness (QED) is 0.461. The Bertz CT molecular complexity index is 628. The highest BCUT2D eigenvalue weighted by Crippen LogP contribution is 2.32. The molecule has 8 heteroatoms. The number of aliphatic imine (C=N–C) groups is 1. The van der Waals surface area contributed by atoms with Gasteiger partial charge in [-0.05, 0) is 29.7 Å². The van der Waals surface area contributed by atoms with Crippen molar-refractivity contribution in [3.63, 3.8) is 0 Å². The molecule has 0 spiro atoms. The maximum atomic E-state index is 12.0. The largest absolute Gasteiger partial charge is 0.355 e. The second-order valence-electron chi connectivity index (χ2n) is 6.14. The van der Waals surface area contributed by atoms with E-state index in [4.69, 9.17) is 0 Å². The summed E-state index contributed by atoms with van der Waals surface area (Å²) >= 11 is 1.22. The molecule has 0 aromatic carbocycles. The van der Waals surface area contributed by atoms with Gasteiger partial charge in [0.15, 0.2) is 5.96 Å². The van der Waals surface area contributed by atoms with E-state index in [9.17, 15) is 8.42 Å². The van der Waals surface area contributed by atoms with Crippen molar-refractivity contribution in [3.05, 3.63) is 17.5 Å². The highest BCUT2D eigenvalue weighted by atomic mass is 32.2. The zero-order valence-electron chi connectivity index (χ0n) is 14.0. The van der Waals surface area contributed by atoms with Gasteiger partial charge in [0.1, 0.15) is 4.21 Å². The molecule has 0 aliphatic carbocycles. The topological polar surface area (TPSA) is 73.8 Å². The number of sulfonamides is 1. The third-order valence-electron chi connectivity index (χ3n) is 4.38. The standard InChI is InChI=1S/C15H26N4O2S2/c1-4-15(2)7-10-19(12-15)14(16-3)17-8-9-18-23(20,21)13-6-5-11-22-13/h5-6,11,18H,4,7-10,12H2,1-3H3,(H,16,17). The molecule has 1 unspecified atom stereocenters. The predicted molar refractivity (Wildman–Crippen MR) is 95.5 cm³/mol. The first-order chi connectivity index (χ1) is 10.9. The number of rotatable bonds is 6. The van der Waals surface area contributed by atoms with Crippen LogP contribution in [0.1, 0.15) is 26.7 Å². The molecule has 0 radical (unpaired) electrons. The van der Waals surface area contributed by atoms with Gasteiger partial charge in [-0.15, -0.1) is 11.3 Å². The zero-order chi connectivity index (χ0) is 16.9. The highest BCUT2D eigenvalue weighted by molar-refractivity contribution is 7.91. The van der Waals surface area contributed by atoms with Crippen molar-refractivity contribution in [1.82, 2.24) is 14.9 Å². The van der Waals surface area contributed by atoms with Crippen LogP contribution in [0.5, 0.6) is 0 Å². The SMILES string of the molecule is CCC1(C)CCN(C(=NC)NCCNS(=O)(=O)c2cccs2)C1. The molecule has 1 aromatic rings. The fourth-order valence-corrected chi connectivity index (χ4v) is 4.74. The lowest BCUT2D eigenvalue weighted by atomic mass is 9.87. The number of hydrogen-bond acceptors (Lipinski definition) is 4. The summed E-state index contributed by atoms with van der Waals surface area (Å²) < 4.78 is 27.0. The second kappa shape index (κ2) is 7.63. The summed E-state index contributed by atoms with van der Waals surface area (Å²) in [5, 5.41) is 5.00. The minimum absolute atomic E-state index is 0.331. The molecule has 1 saturated heterocycles. The minimum Gasteiger partial charge on any atom is -0.355 e. The Balaban J connectivity index is 1.79. The molecule has 0 amide bonds. The van der Waals surface area contributed by atoms with Gasteiger partial charge in [0.25, 0.3) is 0 Å². The van der Waals surface area contributed by atoms with Crippen molar-refractivity contribution in [3.8, 4) is 0 Å². The molecule has 0 saturated carbocycles. The van der Waals surface area contributed by atoms with E-state index in [1.54, 1.807) is 24.6 Å². The fourth-order valence-electron chi connectivity index (χ4n) is 2.67. The third kappa shape index (κ3) is 4.68. The van der Waals surface area contributed by atoms with Crippen LogP contribution >= 0.6 is 11.3 Å². The van der Waals surface area contributed by atoms with Crippen LogP contribution in [0.15, 0.2) is 26.7 Å². The normalized spacial score (nSPS) is 22.6. The molecule has 1 aliphatic rings. The Labute approximate surface area is 143 Å². The van der Waals surface area contributed by atoms with E-state index in [2.05, 4.69) is 33.8 Å². The van der Waals surface area contributed by atoms with Crippen molar-refractivity contribution in [2.45, 2.75) is 30.9 Å². The first-order valence-corrected chi connectivity index (χ1v) is 10.3. The molecule has 1 fully saturated rings. The highest BCUT2D eigenvalue weighted by Gasteiger charge is 2.33. The van der Waals surface area contributed by atoms with E-state index in [0.717, 1.165) is 31.9 Å². The van der Waals surface area contributed by atoms with Gasteiger partial charge in [-0.2, -0.15) is 0 Å². The van der Waals surface area contributed by atoms with E-state index in [-0.39, 0.29) is 0 Å². The maximum Gasteiger partial charge on any atom is 0.250 e. The van der Waals surface area contributed by atoms with Crippen LogP contribution in [-0.4, -0.2) is 52.5 Å². The monoisotopic (exact) mass is 358 g/mol. The number of nitrogens with zero attached hydrogens (tertiary/aromatic N) is 2. The lowest BCUT2D eigenvalue weighted by molar-refractivity contribution is 0.322. The summed E-state index contributed by atoms with van der Waals surface area (Å²) in [6.07, 6.45) is 2.32. The Morgan fingerprint density at radius 1 is 1.48 bits per heavy atom. The van der Waals surface area contributed by atoms with E-state index >= 15 is 0 Å². The van der Waals surface area contributed by atoms with Crippen molar-refractivity contribution in [1.29, 1.82) is 0 Å². The summed E-state index contributed by atoms with van der Waals surface area (Å²) in [5.74, 6) is 0.845. The van der Waals surface area contributed by atoms with Crippen LogP contribution in [0, 0.1) is 5.41 Å². The Kier molecular flexibility index (Phi) is 6.05. The Morgan fingerprint density at radius 3 is 2.83 bits per heavy atom. The van der Waals surface area contributed by atoms with Crippen molar-refractivity contribution in [2.75, 3.05) is 33.2 Å². The fraction of sp³-hybridized carbons (Fsp3) is 0.667. The van der Waals surface area contributed by atoms with Crippen LogP contribution in [0.25, 0.3) is 0 Å². The first kappa shape index (κ1) is 18.2. The second-order valence-corrected chi connectivity index (χ2v) is 9.08. The van der Waals surface area contributed by atoms with Crippen LogP contribution in [0.4, 0.5) is 0 Å². The Hall–Kier alpha value is -1.12. The van der Waals surface area contributed by atoms with Gasteiger partial charge in [-0.25, -0.2) is 13.1 Å². The van der Waals surface area contributed by atoms with E-state index < -0.39 is 10.0 Å². The van der Waals surface area contributed by atoms with Gasteiger partial charge in [0.05, 0.1) is 0 Å². The van der Waals surface area contributed by atoms with E-state index in [1.165, 1.54) is 11.3 Å². The lowest BCUT2D eigenvalue weighted by Crippen LogP contribution is -2.43. The summed E-state index contributed by atoms with van der Waals surface area (Å²) in [5.41, 5.74) is 0.346. The molecule has 1 atom stereocenters. The van der Waals surface area contributed by atoms with Crippen molar-refractivity contribution >= 4 is 27.3 Å². The predicted octanol–water partition coefficient (Wildman–Crippen LogP) is 1.72.